The van der Waals surface area contributed by atoms with Crippen LogP contribution in [0.5, 0.6) is 0 Å². The van der Waals surface area contributed by atoms with Crippen LogP contribution in [-0.2, 0) is 9.84 Å². The number of carbonyl (C=O) groups excluding carboxylic acids is 1. The number of rotatable bonds is 6. The summed E-state index contributed by atoms with van der Waals surface area (Å²) in [5, 5.41) is 3.96. The molecule has 27 heavy (non-hydrogen) atoms. The lowest BCUT2D eigenvalue weighted by Gasteiger charge is -2.17. The Kier molecular flexibility index (Phi) is 5.94. The minimum absolute atomic E-state index is 0.00282. The molecule has 1 amide bonds. The van der Waals surface area contributed by atoms with E-state index in [0.717, 1.165) is 12.1 Å². The van der Waals surface area contributed by atoms with Crippen LogP contribution in [-0.4, -0.2) is 20.9 Å². The van der Waals surface area contributed by atoms with Gasteiger partial charge < -0.3 is 5.32 Å². The van der Waals surface area contributed by atoms with Crippen LogP contribution in [0, 0.1) is 5.82 Å². The molecule has 0 fully saturated rings. The van der Waals surface area contributed by atoms with Crippen molar-refractivity contribution in [2.75, 3.05) is 6.54 Å². The Morgan fingerprint density at radius 3 is 2.33 bits per heavy atom. The third-order valence-corrected chi connectivity index (χ3v) is 7.42. The van der Waals surface area contributed by atoms with Crippen LogP contribution in [0.1, 0.15) is 20.5 Å². The lowest BCUT2D eigenvalue weighted by Crippen LogP contribution is -2.31. The average molecular weight is 424 g/mol. The van der Waals surface area contributed by atoms with Gasteiger partial charge in [0, 0.05) is 22.0 Å². The largest absolute Gasteiger partial charge is 0.350 e. The van der Waals surface area contributed by atoms with E-state index >= 15 is 0 Å². The quantitative estimate of drug-likeness (QED) is 0.594. The zero-order valence-corrected chi connectivity index (χ0v) is 16.3. The van der Waals surface area contributed by atoms with Crippen LogP contribution in [0.3, 0.4) is 0 Å². The molecule has 0 saturated carbocycles. The van der Waals surface area contributed by atoms with Crippen molar-refractivity contribution in [1.82, 2.24) is 5.32 Å². The lowest BCUT2D eigenvalue weighted by atomic mass is 10.2. The number of halogens is 2. The molecule has 0 aliphatic carbocycles. The van der Waals surface area contributed by atoms with E-state index in [1.807, 2.05) is 0 Å². The maximum Gasteiger partial charge on any atom is 0.251 e. The van der Waals surface area contributed by atoms with Gasteiger partial charge in [0.25, 0.3) is 5.91 Å². The molecule has 140 valence electrons. The van der Waals surface area contributed by atoms with Crippen LogP contribution < -0.4 is 5.32 Å². The summed E-state index contributed by atoms with van der Waals surface area (Å²) >= 11 is 7.10. The fourth-order valence-electron chi connectivity index (χ4n) is 2.51. The van der Waals surface area contributed by atoms with Gasteiger partial charge in [-0.25, -0.2) is 12.8 Å². The first kappa shape index (κ1) is 19.5. The van der Waals surface area contributed by atoms with Gasteiger partial charge in [-0.1, -0.05) is 17.7 Å². The number of sulfone groups is 1. The number of carbonyl (C=O) groups is 1. The van der Waals surface area contributed by atoms with E-state index in [-0.39, 0.29) is 11.4 Å². The Bertz CT molecular complexity index is 1020. The highest BCUT2D eigenvalue weighted by Crippen LogP contribution is 2.31. The summed E-state index contributed by atoms with van der Waals surface area (Å²) in [4.78, 5) is 12.9. The van der Waals surface area contributed by atoms with Crippen molar-refractivity contribution in [2.24, 2.45) is 0 Å². The minimum Gasteiger partial charge on any atom is -0.350 e. The predicted molar refractivity (Wildman–Crippen MR) is 104 cm³/mol. The zero-order chi connectivity index (χ0) is 19.4. The maximum atomic E-state index is 13.2. The fraction of sp³-hybridized carbons (Fsp3) is 0.105. The second-order valence-corrected chi connectivity index (χ2v) is 9.27. The summed E-state index contributed by atoms with van der Waals surface area (Å²) in [6, 6.07) is 14.4. The topological polar surface area (TPSA) is 63.2 Å². The first-order chi connectivity index (χ1) is 12.9. The highest BCUT2D eigenvalue weighted by molar-refractivity contribution is 7.91. The molecule has 1 atom stereocenters. The van der Waals surface area contributed by atoms with Crippen molar-refractivity contribution in [3.8, 4) is 0 Å². The summed E-state index contributed by atoms with van der Waals surface area (Å²) in [6.45, 7) is -0.109. The average Bonchev–Trinajstić information content (AvgIpc) is 3.16. The number of hydrogen-bond acceptors (Lipinski definition) is 4. The first-order valence-electron chi connectivity index (χ1n) is 7.94. The third-order valence-electron chi connectivity index (χ3n) is 3.93. The van der Waals surface area contributed by atoms with E-state index in [2.05, 4.69) is 5.32 Å². The number of thiophene rings is 1. The SMILES string of the molecule is O=C(NC[C@H](c1cccs1)S(=O)(=O)c1ccc(F)cc1)c1ccc(Cl)cc1. The number of amides is 1. The molecule has 3 aromatic rings. The lowest BCUT2D eigenvalue weighted by molar-refractivity contribution is 0.0954. The molecule has 1 heterocycles. The molecule has 0 bridgehead atoms. The van der Waals surface area contributed by atoms with Crippen molar-refractivity contribution in [2.45, 2.75) is 10.1 Å². The van der Waals surface area contributed by atoms with Gasteiger partial charge in [-0.15, -0.1) is 11.3 Å². The molecule has 3 rings (SSSR count). The molecule has 1 N–H and O–H groups in total. The molecular weight excluding hydrogens is 409 g/mol. The first-order valence-corrected chi connectivity index (χ1v) is 10.7. The zero-order valence-electron chi connectivity index (χ0n) is 13.9. The summed E-state index contributed by atoms with van der Waals surface area (Å²) in [5.74, 6) is -0.916. The highest BCUT2D eigenvalue weighted by atomic mass is 35.5. The Balaban J connectivity index is 1.85. The van der Waals surface area contributed by atoms with E-state index < -0.39 is 26.8 Å². The molecule has 0 unspecified atom stereocenters. The van der Waals surface area contributed by atoms with E-state index in [1.54, 1.807) is 41.8 Å². The molecule has 0 saturated heterocycles. The van der Waals surface area contributed by atoms with Gasteiger partial charge in [-0.2, -0.15) is 0 Å². The number of benzene rings is 2. The minimum atomic E-state index is -3.82. The predicted octanol–water partition coefficient (Wildman–Crippen LogP) is 4.49. The van der Waals surface area contributed by atoms with Crippen molar-refractivity contribution < 1.29 is 17.6 Å². The number of hydrogen-bond donors (Lipinski definition) is 1. The monoisotopic (exact) mass is 423 g/mol. The van der Waals surface area contributed by atoms with Crippen LogP contribution in [0.15, 0.2) is 70.9 Å². The smallest absolute Gasteiger partial charge is 0.251 e. The fourth-order valence-corrected chi connectivity index (χ4v) is 5.43. The van der Waals surface area contributed by atoms with E-state index in [9.17, 15) is 17.6 Å². The van der Waals surface area contributed by atoms with Crippen LogP contribution in [0.2, 0.25) is 5.02 Å². The van der Waals surface area contributed by atoms with E-state index in [0.29, 0.717) is 15.5 Å². The van der Waals surface area contributed by atoms with Gasteiger partial charge >= 0.3 is 0 Å². The van der Waals surface area contributed by atoms with Gasteiger partial charge in [0.1, 0.15) is 11.1 Å². The standard InChI is InChI=1S/C19H15ClFNO3S2/c20-14-5-3-13(4-6-14)19(23)22-12-18(17-2-1-11-26-17)27(24,25)16-9-7-15(21)8-10-16/h1-11,18H,12H2,(H,22,23)/t18-/m1/s1. The summed E-state index contributed by atoms with van der Waals surface area (Å²) in [7, 11) is -3.82. The van der Waals surface area contributed by atoms with Gasteiger partial charge in [-0.3, -0.25) is 4.79 Å². The Hall–Kier alpha value is -2.22. The van der Waals surface area contributed by atoms with E-state index in [1.165, 1.54) is 23.5 Å². The van der Waals surface area contributed by atoms with Gasteiger partial charge in [0.15, 0.2) is 9.84 Å². The van der Waals surface area contributed by atoms with Gasteiger partial charge in [-0.05, 0) is 60.0 Å². The molecule has 0 aliphatic rings. The molecule has 4 nitrogen and oxygen atoms in total. The molecule has 2 aromatic carbocycles. The summed E-state index contributed by atoms with van der Waals surface area (Å²) in [5.41, 5.74) is 0.378. The Morgan fingerprint density at radius 2 is 1.74 bits per heavy atom. The molecule has 0 aliphatic heterocycles. The maximum absolute atomic E-state index is 13.2. The van der Waals surface area contributed by atoms with E-state index in [4.69, 9.17) is 11.6 Å². The molecular formula is C19H15ClFNO3S2. The second-order valence-electron chi connectivity index (χ2n) is 5.72. The second kappa shape index (κ2) is 8.21. The molecule has 8 heteroatoms. The van der Waals surface area contributed by atoms with Crippen LogP contribution in [0.4, 0.5) is 4.39 Å². The highest BCUT2D eigenvalue weighted by Gasteiger charge is 2.30. The van der Waals surface area contributed by atoms with Crippen molar-refractivity contribution >= 4 is 38.7 Å². The van der Waals surface area contributed by atoms with Gasteiger partial charge in [0.2, 0.25) is 0 Å². The third kappa shape index (κ3) is 4.55. The van der Waals surface area contributed by atoms with Crippen molar-refractivity contribution in [1.29, 1.82) is 0 Å². The normalized spacial score (nSPS) is 12.5. The molecule has 1 aromatic heterocycles. The van der Waals surface area contributed by atoms with Crippen LogP contribution >= 0.6 is 22.9 Å². The summed E-state index contributed by atoms with van der Waals surface area (Å²) in [6.07, 6.45) is 0. The Labute approximate surface area is 165 Å². The van der Waals surface area contributed by atoms with Crippen LogP contribution in [0.25, 0.3) is 0 Å². The van der Waals surface area contributed by atoms with Gasteiger partial charge in [0.05, 0.1) is 4.90 Å². The number of nitrogens with one attached hydrogen (secondary N) is 1. The summed E-state index contributed by atoms with van der Waals surface area (Å²) < 4.78 is 39.3. The molecule has 0 radical (unpaired) electrons. The van der Waals surface area contributed by atoms with Crippen molar-refractivity contribution in [3.05, 3.63) is 87.3 Å². The Morgan fingerprint density at radius 1 is 1.07 bits per heavy atom. The van der Waals surface area contributed by atoms with Crippen molar-refractivity contribution in [3.63, 3.8) is 0 Å². The molecule has 0 spiro atoms.